The average Bonchev–Trinajstić information content (AvgIpc) is 2.46. The molecule has 0 aliphatic carbocycles. The van der Waals surface area contributed by atoms with Gasteiger partial charge in [-0.3, -0.25) is 10.1 Å². The molecule has 1 N–H and O–H groups in total. The number of hydrogen-bond donors (Lipinski definition) is 1. The lowest BCUT2D eigenvalue weighted by atomic mass is 10.2. The van der Waals surface area contributed by atoms with Crippen LogP contribution in [0, 0.1) is 17.0 Å². The number of hydrogen-bond acceptors (Lipinski definition) is 4. The van der Waals surface area contributed by atoms with Crippen LogP contribution in [0.4, 0.5) is 5.69 Å². The first kappa shape index (κ1) is 17.7. The van der Waals surface area contributed by atoms with Gasteiger partial charge < -0.3 is 0 Å². The van der Waals surface area contributed by atoms with E-state index in [4.69, 9.17) is 23.2 Å². The normalized spacial score (nSPS) is 11.4. The molecule has 0 radical (unpaired) electrons. The highest BCUT2D eigenvalue weighted by atomic mass is 35.5. The van der Waals surface area contributed by atoms with E-state index in [-0.39, 0.29) is 17.1 Å². The van der Waals surface area contributed by atoms with Crippen molar-refractivity contribution in [1.82, 2.24) is 4.72 Å². The average molecular weight is 375 g/mol. The summed E-state index contributed by atoms with van der Waals surface area (Å²) in [4.78, 5) is 10.1. The zero-order valence-electron chi connectivity index (χ0n) is 11.9. The van der Waals surface area contributed by atoms with E-state index in [9.17, 15) is 18.5 Å². The summed E-state index contributed by atoms with van der Waals surface area (Å²) in [6, 6.07) is 8.43. The molecule has 0 aliphatic rings. The molecule has 0 aliphatic heterocycles. The van der Waals surface area contributed by atoms with Gasteiger partial charge in [0.25, 0.3) is 5.69 Å². The number of nitrogens with zero attached hydrogens (tertiary/aromatic N) is 1. The molecule has 0 bridgehead atoms. The Morgan fingerprint density at radius 1 is 1.17 bits per heavy atom. The molecule has 2 aromatic carbocycles. The van der Waals surface area contributed by atoms with Crippen molar-refractivity contribution in [3.63, 3.8) is 0 Å². The van der Waals surface area contributed by atoms with E-state index in [1.54, 1.807) is 12.1 Å². The highest BCUT2D eigenvalue weighted by molar-refractivity contribution is 7.89. The topological polar surface area (TPSA) is 89.3 Å². The molecular weight excluding hydrogens is 363 g/mol. The van der Waals surface area contributed by atoms with E-state index in [1.165, 1.54) is 25.1 Å². The summed E-state index contributed by atoms with van der Waals surface area (Å²) >= 11 is 11.8. The third-order valence-electron chi connectivity index (χ3n) is 3.16. The minimum atomic E-state index is -3.90. The van der Waals surface area contributed by atoms with Crippen LogP contribution in [0.15, 0.2) is 41.3 Å². The Bertz CT molecular complexity index is 869. The van der Waals surface area contributed by atoms with Gasteiger partial charge in [0, 0.05) is 28.2 Å². The van der Waals surface area contributed by atoms with Crippen LogP contribution in [0.5, 0.6) is 0 Å². The van der Waals surface area contributed by atoms with Crippen LogP contribution in [-0.4, -0.2) is 13.3 Å². The van der Waals surface area contributed by atoms with Gasteiger partial charge in [0.2, 0.25) is 10.0 Å². The summed E-state index contributed by atoms with van der Waals surface area (Å²) in [6.45, 7) is 1.48. The highest BCUT2D eigenvalue weighted by Crippen LogP contribution is 2.24. The van der Waals surface area contributed by atoms with Gasteiger partial charge >= 0.3 is 0 Å². The second kappa shape index (κ2) is 6.84. The molecular formula is C14H12Cl2N2O4S. The number of halogens is 2. The van der Waals surface area contributed by atoms with Crippen molar-refractivity contribution < 1.29 is 13.3 Å². The van der Waals surface area contributed by atoms with Crippen molar-refractivity contribution >= 4 is 38.9 Å². The molecule has 0 amide bonds. The van der Waals surface area contributed by atoms with E-state index in [2.05, 4.69) is 4.72 Å². The number of benzene rings is 2. The number of nitrogens with one attached hydrogen (secondary N) is 1. The maximum absolute atomic E-state index is 12.3. The smallest absolute Gasteiger partial charge is 0.258 e. The quantitative estimate of drug-likeness (QED) is 0.638. The SMILES string of the molecule is Cc1ccc(S(=O)(=O)NCc2ccc(Cl)cc2Cl)cc1[N+](=O)[O-]. The minimum Gasteiger partial charge on any atom is -0.258 e. The fourth-order valence-corrected chi connectivity index (χ4v) is 3.38. The zero-order chi connectivity index (χ0) is 17.2. The lowest BCUT2D eigenvalue weighted by molar-refractivity contribution is -0.385. The van der Waals surface area contributed by atoms with Crippen LogP contribution in [0.3, 0.4) is 0 Å². The van der Waals surface area contributed by atoms with Crippen molar-refractivity contribution in [3.8, 4) is 0 Å². The van der Waals surface area contributed by atoms with Crippen molar-refractivity contribution in [2.24, 2.45) is 0 Å². The first-order chi connectivity index (χ1) is 10.7. The summed E-state index contributed by atoms with van der Waals surface area (Å²) in [7, 11) is -3.90. The van der Waals surface area contributed by atoms with E-state index in [0.29, 0.717) is 21.2 Å². The Hall–Kier alpha value is -1.67. The van der Waals surface area contributed by atoms with Crippen molar-refractivity contribution in [2.45, 2.75) is 18.4 Å². The van der Waals surface area contributed by atoms with Gasteiger partial charge in [-0.25, -0.2) is 13.1 Å². The lowest BCUT2D eigenvalue weighted by Crippen LogP contribution is -2.23. The molecule has 0 saturated heterocycles. The first-order valence-electron chi connectivity index (χ1n) is 6.39. The van der Waals surface area contributed by atoms with Gasteiger partial charge in [-0.15, -0.1) is 0 Å². The molecule has 0 spiro atoms. The molecule has 0 unspecified atom stereocenters. The Morgan fingerprint density at radius 3 is 2.48 bits per heavy atom. The van der Waals surface area contributed by atoms with Gasteiger partial charge in [0.15, 0.2) is 0 Å². The van der Waals surface area contributed by atoms with E-state index >= 15 is 0 Å². The van der Waals surface area contributed by atoms with Crippen molar-refractivity contribution in [3.05, 3.63) is 67.7 Å². The fraction of sp³-hybridized carbons (Fsp3) is 0.143. The molecule has 2 aromatic rings. The van der Waals surface area contributed by atoms with Crippen molar-refractivity contribution in [2.75, 3.05) is 0 Å². The Balaban J connectivity index is 2.25. The number of sulfonamides is 1. The Kier molecular flexibility index (Phi) is 5.26. The summed E-state index contributed by atoms with van der Waals surface area (Å²) in [6.07, 6.45) is 0. The molecule has 9 heteroatoms. The third kappa shape index (κ3) is 4.20. The number of aryl methyl sites for hydroxylation is 1. The molecule has 0 aromatic heterocycles. The largest absolute Gasteiger partial charge is 0.273 e. The number of nitro benzene ring substituents is 1. The van der Waals surface area contributed by atoms with Crippen LogP contribution in [-0.2, 0) is 16.6 Å². The second-order valence-corrected chi connectivity index (χ2v) is 7.38. The number of rotatable bonds is 5. The van der Waals surface area contributed by atoms with Gasteiger partial charge in [-0.05, 0) is 30.7 Å². The molecule has 6 nitrogen and oxygen atoms in total. The van der Waals surface area contributed by atoms with Crippen LogP contribution in [0.1, 0.15) is 11.1 Å². The van der Waals surface area contributed by atoms with Crippen LogP contribution < -0.4 is 4.72 Å². The van der Waals surface area contributed by atoms with Crippen LogP contribution >= 0.6 is 23.2 Å². The van der Waals surface area contributed by atoms with E-state index < -0.39 is 14.9 Å². The highest BCUT2D eigenvalue weighted by Gasteiger charge is 2.19. The summed E-state index contributed by atoms with van der Waals surface area (Å²) in [5.41, 5.74) is 0.674. The monoisotopic (exact) mass is 374 g/mol. The second-order valence-electron chi connectivity index (χ2n) is 4.77. The molecule has 0 saturated carbocycles. The predicted molar refractivity (Wildman–Crippen MR) is 88.3 cm³/mol. The maximum Gasteiger partial charge on any atom is 0.273 e. The predicted octanol–water partition coefficient (Wildman–Crippen LogP) is 3.69. The van der Waals surface area contributed by atoms with E-state index in [0.717, 1.165) is 6.07 Å². The molecule has 23 heavy (non-hydrogen) atoms. The first-order valence-corrected chi connectivity index (χ1v) is 8.63. The minimum absolute atomic E-state index is 0.0555. The third-order valence-corrected chi connectivity index (χ3v) is 5.14. The molecule has 0 fully saturated rings. The van der Waals surface area contributed by atoms with Gasteiger partial charge in [0.1, 0.15) is 0 Å². The summed E-state index contributed by atoms with van der Waals surface area (Å²) in [5, 5.41) is 11.7. The zero-order valence-corrected chi connectivity index (χ0v) is 14.2. The van der Waals surface area contributed by atoms with Crippen LogP contribution in [0.25, 0.3) is 0 Å². The molecule has 2 rings (SSSR count). The molecule has 0 atom stereocenters. The van der Waals surface area contributed by atoms with Gasteiger partial charge in [-0.2, -0.15) is 0 Å². The molecule has 0 heterocycles. The van der Waals surface area contributed by atoms with Gasteiger partial charge in [0.05, 0.1) is 9.82 Å². The fourth-order valence-electron chi connectivity index (χ4n) is 1.87. The summed E-state index contributed by atoms with van der Waals surface area (Å²) in [5.74, 6) is 0. The van der Waals surface area contributed by atoms with E-state index in [1.807, 2.05) is 0 Å². The summed E-state index contributed by atoms with van der Waals surface area (Å²) < 4.78 is 26.9. The Labute approximate surface area is 143 Å². The Morgan fingerprint density at radius 2 is 1.87 bits per heavy atom. The van der Waals surface area contributed by atoms with Crippen LogP contribution in [0.2, 0.25) is 10.0 Å². The number of nitro groups is 1. The molecule has 122 valence electrons. The maximum atomic E-state index is 12.3. The lowest BCUT2D eigenvalue weighted by Gasteiger charge is -2.09. The van der Waals surface area contributed by atoms with Gasteiger partial charge in [-0.1, -0.05) is 35.3 Å². The standard InChI is InChI=1S/C14H12Cl2N2O4S/c1-9-2-5-12(7-14(9)18(19)20)23(21,22)17-8-10-3-4-11(15)6-13(10)16/h2-7,17H,8H2,1H3. The van der Waals surface area contributed by atoms with Crippen molar-refractivity contribution in [1.29, 1.82) is 0 Å².